The zero-order valence-corrected chi connectivity index (χ0v) is 16.7. The predicted molar refractivity (Wildman–Crippen MR) is 108 cm³/mol. The number of benzene rings is 1. The monoisotopic (exact) mass is 423 g/mol. The highest BCUT2D eigenvalue weighted by atomic mass is 19.3. The summed E-state index contributed by atoms with van der Waals surface area (Å²) in [6.07, 6.45) is 0.659. The second-order valence-electron chi connectivity index (χ2n) is 7.69. The Hall–Kier alpha value is -3.69. The van der Waals surface area contributed by atoms with E-state index in [1.165, 1.54) is 18.5 Å². The van der Waals surface area contributed by atoms with Gasteiger partial charge in [0.1, 0.15) is 12.0 Å². The predicted octanol–water partition coefficient (Wildman–Crippen LogP) is 3.74. The van der Waals surface area contributed by atoms with Crippen LogP contribution in [0.25, 0.3) is 5.65 Å². The van der Waals surface area contributed by atoms with Crippen molar-refractivity contribution in [1.82, 2.24) is 29.4 Å². The summed E-state index contributed by atoms with van der Waals surface area (Å²) >= 11 is 0. The maximum atomic E-state index is 13.5. The van der Waals surface area contributed by atoms with Crippen LogP contribution in [0.2, 0.25) is 0 Å². The minimum Gasteiger partial charge on any atom is -0.288 e. The maximum absolute atomic E-state index is 13.5. The lowest BCUT2D eigenvalue weighted by atomic mass is 10.1. The van der Waals surface area contributed by atoms with Gasteiger partial charge < -0.3 is 0 Å². The van der Waals surface area contributed by atoms with Crippen LogP contribution in [0.4, 0.5) is 14.7 Å². The molecule has 1 saturated carbocycles. The minimum absolute atomic E-state index is 0.0302. The summed E-state index contributed by atoms with van der Waals surface area (Å²) in [6.45, 7) is 2.51. The van der Waals surface area contributed by atoms with E-state index in [0.717, 1.165) is 28.5 Å². The summed E-state index contributed by atoms with van der Waals surface area (Å²) in [5, 5.41) is 10.8. The number of anilines is 1. The zero-order valence-electron chi connectivity index (χ0n) is 16.7. The van der Waals surface area contributed by atoms with Crippen LogP contribution in [0.5, 0.6) is 0 Å². The molecule has 0 unspecified atom stereocenters. The lowest BCUT2D eigenvalue weighted by molar-refractivity contribution is 0.102. The number of alkyl halides is 2. The van der Waals surface area contributed by atoms with E-state index in [2.05, 4.69) is 25.5 Å². The molecule has 1 N–H and O–H groups in total. The first-order valence-corrected chi connectivity index (χ1v) is 9.91. The Balaban J connectivity index is 1.36. The summed E-state index contributed by atoms with van der Waals surface area (Å²) < 4.78 is 29.7. The molecule has 1 aromatic carbocycles. The Morgan fingerprint density at radius 2 is 2.06 bits per heavy atom. The molecule has 31 heavy (non-hydrogen) atoms. The number of halogens is 2. The Labute approximate surface area is 175 Å². The molecule has 0 aliphatic heterocycles. The number of aryl methyl sites for hydroxylation is 1. The number of carbonyl (C=O) groups is 1. The molecule has 0 radical (unpaired) electrons. The molecular formula is C21H19F2N7O. The van der Waals surface area contributed by atoms with E-state index in [-0.39, 0.29) is 28.9 Å². The van der Waals surface area contributed by atoms with Gasteiger partial charge in [0.15, 0.2) is 11.3 Å². The fourth-order valence-electron chi connectivity index (χ4n) is 3.46. The van der Waals surface area contributed by atoms with Crippen molar-refractivity contribution in [2.75, 3.05) is 5.32 Å². The van der Waals surface area contributed by atoms with Gasteiger partial charge in [0.05, 0.1) is 6.54 Å². The van der Waals surface area contributed by atoms with E-state index in [4.69, 9.17) is 0 Å². The van der Waals surface area contributed by atoms with Crippen molar-refractivity contribution in [3.8, 4) is 0 Å². The molecule has 0 saturated heterocycles. The van der Waals surface area contributed by atoms with E-state index in [0.29, 0.717) is 12.2 Å². The number of nitrogens with one attached hydrogen (secondary N) is 1. The molecule has 10 heteroatoms. The SMILES string of the molecule is Cc1cccc(Cn2cnc(NC(=O)c3cc4nc(C5CC5)cc(C(F)F)n4n3)n2)c1. The smallest absolute Gasteiger partial charge is 0.280 e. The highest BCUT2D eigenvalue weighted by molar-refractivity contribution is 6.02. The van der Waals surface area contributed by atoms with Gasteiger partial charge in [-0.05, 0) is 31.4 Å². The Morgan fingerprint density at radius 1 is 1.23 bits per heavy atom. The van der Waals surface area contributed by atoms with Gasteiger partial charge in [-0.2, -0.15) is 5.10 Å². The van der Waals surface area contributed by atoms with Crippen LogP contribution >= 0.6 is 0 Å². The fraction of sp³-hybridized carbons (Fsp3) is 0.286. The second kappa shape index (κ2) is 7.53. The normalized spacial score (nSPS) is 13.8. The van der Waals surface area contributed by atoms with Crippen LogP contribution in [0.1, 0.15) is 58.2 Å². The van der Waals surface area contributed by atoms with E-state index < -0.39 is 12.3 Å². The first-order chi connectivity index (χ1) is 15.0. The molecule has 3 heterocycles. The first-order valence-electron chi connectivity index (χ1n) is 9.91. The van der Waals surface area contributed by atoms with Gasteiger partial charge in [-0.15, -0.1) is 5.10 Å². The lowest BCUT2D eigenvalue weighted by Crippen LogP contribution is -2.14. The molecule has 1 amide bonds. The third kappa shape index (κ3) is 4.00. The van der Waals surface area contributed by atoms with E-state index in [9.17, 15) is 13.6 Å². The number of carbonyl (C=O) groups excluding carboxylic acids is 1. The van der Waals surface area contributed by atoms with Gasteiger partial charge in [-0.1, -0.05) is 29.8 Å². The second-order valence-corrected chi connectivity index (χ2v) is 7.69. The van der Waals surface area contributed by atoms with Crippen LogP contribution in [-0.2, 0) is 6.54 Å². The lowest BCUT2D eigenvalue weighted by Gasteiger charge is -2.06. The molecule has 1 aliphatic rings. The molecule has 1 aliphatic carbocycles. The number of aromatic nitrogens is 6. The Morgan fingerprint density at radius 3 is 2.81 bits per heavy atom. The van der Waals surface area contributed by atoms with Gasteiger partial charge in [0.25, 0.3) is 12.3 Å². The van der Waals surface area contributed by atoms with Crippen LogP contribution < -0.4 is 5.32 Å². The van der Waals surface area contributed by atoms with Crippen molar-refractivity contribution in [3.05, 3.63) is 70.9 Å². The molecule has 158 valence electrons. The average molecular weight is 423 g/mol. The van der Waals surface area contributed by atoms with Crippen LogP contribution in [0, 0.1) is 6.92 Å². The summed E-state index contributed by atoms with van der Waals surface area (Å²) in [6, 6.07) is 10.8. The third-order valence-corrected chi connectivity index (χ3v) is 5.12. The van der Waals surface area contributed by atoms with Crippen molar-refractivity contribution >= 4 is 17.5 Å². The minimum atomic E-state index is -2.72. The number of hydrogen-bond acceptors (Lipinski definition) is 5. The van der Waals surface area contributed by atoms with Gasteiger partial charge in [0, 0.05) is 17.7 Å². The van der Waals surface area contributed by atoms with Crippen molar-refractivity contribution in [2.24, 2.45) is 0 Å². The molecule has 4 aromatic rings. The third-order valence-electron chi connectivity index (χ3n) is 5.12. The van der Waals surface area contributed by atoms with Crippen molar-refractivity contribution in [1.29, 1.82) is 0 Å². The fourth-order valence-corrected chi connectivity index (χ4v) is 3.46. The van der Waals surface area contributed by atoms with Crippen molar-refractivity contribution in [2.45, 2.75) is 38.7 Å². The summed E-state index contributed by atoms with van der Waals surface area (Å²) in [5.74, 6) is -0.279. The van der Waals surface area contributed by atoms with Crippen molar-refractivity contribution < 1.29 is 13.6 Å². The van der Waals surface area contributed by atoms with Crippen LogP contribution in [0.15, 0.2) is 42.7 Å². The first kappa shape index (κ1) is 19.3. The summed E-state index contributed by atoms with van der Waals surface area (Å²) in [5.41, 5.74) is 2.73. The molecule has 5 rings (SSSR count). The quantitative estimate of drug-likeness (QED) is 0.510. The molecule has 0 atom stereocenters. The summed E-state index contributed by atoms with van der Waals surface area (Å²) in [4.78, 5) is 21.1. The highest BCUT2D eigenvalue weighted by Gasteiger charge is 2.28. The van der Waals surface area contributed by atoms with Gasteiger partial charge >= 0.3 is 0 Å². The van der Waals surface area contributed by atoms with E-state index in [1.807, 2.05) is 31.2 Å². The zero-order chi connectivity index (χ0) is 21.5. The number of rotatable bonds is 6. The van der Waals surface area contributed by atoms with E-state index in [1.54, 1.807) is 4.68 Å². The molecule has 1 fully saturated rings. The Kier molecular flexibility index (Phi) is 4.68. The molecule has 0 spiro atoms. The topological polar surface area (TPSA) is 90.0 Å². The van der Waals surface area contributed by atoms with Gasteiger partial charge in [-0.3, -0.25) is 10.1 Å². The Bertz CT molecular complexity index is 1280. The maximum Gasteiger partial charge on any atom is 0.280 e. The molecular weight excluding hydrogens is 404 g/mol. The largest absolute Gasteiger partial charge is 0.288 e. The van der Waals surface area contributed by atoms with Crippen LogP contribution in [-0.4, -0.2) is 35.3 Å². The van der Waals surface area contributed by atoms with Gasteiger partial charge in [-0.25, -0.2) is 27.9 Å². The standard InChI is InChI=1S/C21H19F2N7O/c1-12-3-2-4-13(7-12)10-29-11-24-21(28-29)26-20(31)16-9-18-25-15(14-5-6-14)8-17(19(22)23)30(18)27-16/h2-4,7-9,11,14,19H,5-6,10H2,1H3,(H,26,28,31). The molecule has 8 nitrogen and oxygen atoms in total. The number of amides is 1. The average Bonchev–Trinajstić information content (AvgIpc) is 3.35. The van der Waals surface area contributed by atoms with E-state index >= 15 is 0 Å². The van der Waals surface area contributed by atoms with Crippen LogP contribution in [0.3, 0.4) is 0 Å². The highest BCUT2D eigenvalue weighted by Crippen LogP contribution is 2.40. The van der Waals surface area contributed by atoms with Crippen molar-refractivity contribution in [3.63, 3.8) is 0 Å². The number of fused-ring (bicyclic) bond motifs is 1. The molecule has 0 bridgehead atoms. The summed E-state index contributed by atoms with van der Waals surface area (Å²) in [7, 11) is 0. The molecule has 3 aromatic heterocycles. The number of nitrogens with zero attached hydrogens (tertiary/aromatic N) is 6. The number of hydrogen-bond donors (Lipinski definition) is 1. The van der Waals surface area contributed by atoms with Gasteiger partial charge in [0.2, 0.25) is 5.95 Å².